The molecule has 92 valence electrons. The van der Waals surface area contributed by atoms with Gasteiger partial charge >= 0.3 is 5.97 Å². The number of hydrogen-bond donors (Lipinski definition) is 3. The Morgan fingerprint density at radius 1 is 1.24 bits per heavy atom. The quantitative estimate of drug-likeness (QED) is 0.437. The number of carbonyl (C=O) groups is 2. The molecule has 0 aromatic heterocycles. The summed E-state index contributed by atoms with van der Waals surface area (Å²) < 4.78 is 0. The number of benzene rings is 1. The molecule has 0 bridgehead atoms. The van der Waals surface area contributed by atoms with Crippen molar-refractivity contribution in [1.29, 1.82) is 0 Å². The predicted molar refractivity (Wildman–Crippen MR) is 63.7 cm³/mol. The third kappa shape index (κ3) is 3.49. The second-order valence-corrected chi connectivity index (χ2v) is 3.13. The first-order valence-corrected chi connectivity index (χ1v) is 4.40. The van der Waals surface area contributed by atoms with Crippen LogP contribution in [-0.2, 0) is 4.79 Å². The summed E-state index contributed by atoms with van der Waals surface area (Å²) in [4.78, 5) is 21.6. The average molecular weight is 259 g/mol. The molecule has 0 aliphatic heterocycles. The average Bonchev–Trinajstić information content (AvgIpc) is 2.19. The van der Waals surface area contributed by atoms with E-state index in [0.29, 0.717) is 0 Å². The third-order valence-corrected chi connectivity index (χ3v) is 1.95. The van der Waals surface area contributed by atoms with E-state index in [4.69, 9.17) is 5.11 Å². The Morgan fingerprint density at radius 2 is 1.82 bits per heavy atom. The van der Waals surface area contributed by atoms with Gasteiger partial charge in [0.1, 0.15) is 0 Å². The topological polar surface area (TPSA) is 94.8 Å². The lowest BCUT2D eigenvalue weighted by atomic mass is 10.0. The minimum atomic E-state index is -1.16. The van der Waals surface area contributed by atoms with E-state index < -0.39 is 23.3 Å². The van der Waals surface area contributed by atoms with Crippen LogP contribution in [0.15, 0.2) is 18.2 Å². The van der Waals surface area contributed by atoms with Gasteiger partial charge in [0.05, 0.1) is 5.56 Å². The fourth-order valence-corrected chi connectivity index (χ4v) is 1.27. The Morgan fingerprint density at radius 3 is 2.29 bits per heavy atom. The van der Waals surface area contributed by atoms with Crippen molar-refractivity contribution in [2.45, 2.75) is 6.92 Å². The summed E-state index contributed by atoms with van der Waals surface area (Å²) in [5, 5.41) is 27.1. The molecule has 0 saturated heterocycles. The first-order chi connectivity index (χ1) is 7.43. The largest absolute Gasteiger partial charge is 0.504 e. The smallest absolute Gasteiger partial charge is 0.328 e. The maximum atomic E-state index is 11.2. The van der Waals surface area contributed by atoms with Crippen molar-refractivity contribution in [3.05, 3.63) is 29.3 Å². The van der Waals surface area contributed by atoms with E-state index >= 15 is 0 Å². The Balaban J connectivity index is 0.00000256. The van der Waals surface area contributed by atoms with Gasteiger partial charge in [-0.15, -0.1) is 12.4 Å². The van der Waals surface area contributed by atoms with Crippen LogP contribution in [0.4, 0.5) is 0 Å². The number of carboxylic acid groups (broad SMARTS) is 1. The van der Waals surface area contributed by atoms with Crippen molar-refractivity contribution < 1.29 is 24.9 Å². The molecule has 0 spiro atoms. The van der Waals surface area contributed by atoms with Crippen molar-refractivity contribution in [1.82, 2.24) is 0 Å². The number of hydrogen-bond acceptors (Lipinski definition) is 4. The van der Waals surface area contributed by atoms with E-state index in [2.05, 4.69) is 0 Å². The molecule has 0 amide bonds. The van der Waals surface area contributed by atoms with Gasteiger partial charge in [0, 0.05) is 6.08 Å². The maximum Gasteiger partial charge on any atom is 0.328 e. The van der Waals surface area contributed by atoms with Gasteiger partial charge in [0.15, 0.2) is 17.3 Å². The number of Topliss-reactive ketones (excluding diaryl/α,β-unsaturated/α-hetero) is 1. The predicted octanol–water partition coefficient (Wildman–Crippen LogP) is 1.82. The van der Waals surface area contributed by atoms with Crippen LogP contribution in [0.3, 0.4) is 0 Å². The summed E-state index contributed by atoms with van der Waals surface area (Å²) in [5.74, 6) is -2.58. The lowest BCUT2D eigenvalue weighted by Gasteiger charge is -2.06. The van der Waals surface area contributed by atoms with Crippen molar-refractivity contribution in [3.8, 4) is 11.5 Å². The zero-order chi connectivity index (χ0) is 12.3. The molecule has 0 aliphatic carbocycles. The minimum Gasteiger partial charge on any atom is -0.504 e. The SMILES string of the molecule is CC(=O)c1c(C=CC(=O)O)ccc(O)c1O.Cl. The van der Waals surface area contributed by atoms with Gasteiger partial charge in [-0.1, -0.05) is 6.07 Å². The van der Waals surface area contributed by atoms with E-state index in [0.717, 1.165) is 6.08 Å². The molecule has 0 unspecified atom stereocenters. The molecular weight excluding hydrogens is 248 g/mol. The number of halogens is 1. The fraction of sp³-hybridized carbons (Fsp3) is 0.0909. The summed E-state index contributed by atoms with van der Waals surface area (Å²) in [6.07, 6.45) is 2.02. The second kappa shape index (κ2) is 5.91. The summed E-state index contributed by atoms with van der Waals surface area (Å²) in [5.41, 5.74) is 0.141. The van der Waals surface area contributed by atoms with Crippen molar-refractivity contribution >= 4 is 30.2 Å². The molecule has 6 heteroatoms. The highest BCUT2D eigenvalue weighted by molar-refractivity contribution is 6.02. The van der Waals surface area contributed by atoms with Crippen LogP contribution < -0.4 is 0 Å². The molecule has 1 aromatic carbocycles. The van der Waals surface area contributed by atoms with Gasteiger partial charge in [0.25, 0.3) is 0 Å². The number of ketones is 1. The first kappa shape index (κ1) is 15.0. The molecule has 0 aliphatic rings. The van der Waals surface area contributed by atoms with Gasteiger partial charge in [0.2, 0.25) is 0 Å². The third-order valence-electron chi connectivity index (χ3n) is 1.95. The Hall–Kier alpha value is -2.01. The number of aromatic hydroxyl groups is 2. The van der Waals surface area contributed by atoms with E-state index in [-0.39, 0.29) is 23.5 Å². The van der Waals surface area contributed by atoms with Crippen molar-refractivity contribution in [2.24, 2.45) is 0 Å². The summed E-state index contributed by atoms with van der Waals surface area (Å²) >= 11 is 0. The monoisotopic (exact) mass is 258 g/mol. The number of carboxylic acids is 1. The molecule has 1 rings (SSSR count). The Kier molecular flexibility index (Phi) is 5.21. The lowest BCUT2D eigenvalue weighted by Crippen LogP contribution is -1.97. The molecule has 0 atom stereocenters. The van der Waals surface area contributed by atoms with E-state index in [1.807, 2.05) is 0 Å². The van der Waals surface area contributed by atoms with Crippen LogP contribution in [0.25, 0.3) is 6.08 Å². The highest BCUT2D eigenvalue weighted by atomic mass is 35.5. The number of phenolic OH excluding ortho intramolecular Hbond substituents is 2. The van der Waals surface area contributed by atoms with E-state index in [9.17, 15) is 19.8 Å². The standard InChI is InChI=1S/C11H10O5.ClH/c1-6(12)10-7(3-5-9(14)15)2-4-8(13)11(10)16;/h2-5,13,16H,1H3,(H,14,15);1H. The lowest BCUT2D eigenvalue weighted by molar-refractivity contribution is -0.131. The fourth-order valence-electron chi connectivity index (χ4n) is 1.27. The molecular formula is C11H11ClO5. The van der Waals surface area contributed by atoms with Gasteiger partial charge in [-0.25, -0.2) is 4.79 Å². The summed E-state index contributed by atoms with van der Waals surface area (Å²) in [6.45, 7) is 1.21. The Labute approximate surface area is 103 Å². The second-order valence-electron chi connectivity index (χ2n) is 3.13. The normalized spacial score (nSPS) is 9.94. The number of carbonyl (C=O) groups excluding carboxylic acids is 1. The van der Waals surface area contributed by atoms with Crippen LogP contribution >= 0.6 is 12.4 Å². The van der Waals surface area contributed by atoms with Gasteiger partial charge < -0.3 is 15.3 Å². The van der Waals surface area contributed by atoms with Crippen LogP contribution in [-0.4, -0.2) is 27.1 Å². The molecule has 3 N–H and O–H groups in total. The first-order valence-electron chi connectivity index (χ1n) is 4.40. The van der Waals surface area contributed by atoms with Crippen LogP contribution in [0.2, 0.25) is 0 Å². The molecule has 0 heterocycles. The molecule has 0 saturated carbocycles. The van der Waals surface area contributed by atoms with Crippen LogP contribution in [0, 0.1) is 0 Å². The molecule has 5 nitrogen and oxygen atoms in total. The number of phenols is 2. The van der Waals surface area contributed by atoms with Gasteiger partial charge in [-0.05, 0) is 24.6 Å². The van der Waals surface area contributed by atoms with E-state index in [1.165, 1.54) is 25.1 Å². The molecule has 0 fully saturated rings. The zero-order valence-electron chi connectivity index (χ0n) is 8.88. The van der Waals surface area contributed by atoms with Gasteiger partial charge in [-0.3, -0.25) is 4.79 Å². The molecule has 1 aromatic rings. The number of rotatable bonds is 3. The Bertz CT molecular complexity index is 479. The van der Waals surface area contributed by atoms with Crippen LogP contribution in [0.1, 0.15) is 22.8 Å². The molecule has 17 heavy (non-hydrogen) atoms. The maximum absolute atomic E-state index is 11.2. The minimum absolute atomic E-state index is 0. The van der Waals surface area contributed by atoms with Crippen molar-refractivity contribution in [2.75, 3.05) is 0 Å². The highest BCUT2D eigenvalue weighted by Crippen LogP contribution is 2.32. The van der Waals surface area contributed by atoms with E-state index in [1.54, 1.807) is 0 Å². The zero-order valence-corrected chi connectivity index (χ0v) is 9.69. The molecule has 0 radical (unpaired) electrons. The van der Waals surface area contributed by atoms with Gasteiger partial charge in [-0.2, -0.15) is 0 Å². The summed E-state index contributed by atoms with van der Waals surface area (Å²) in [6, 6.07) is 2.54. The van der Waals surface area contributed by atoms with Crippen LogP contribution in [0.5, 0.6) is 11.5 Å². The highest BCUT2D eigenvalue weighted by Gasteiger charge is 2.14. The van der Waals surface area contributed by atoms with Crippen molar-refractivity contribution in [3.63, 3.8) is 0 Å². The number of aliphatic carboxylic acids is 1. The summed E-state index contributed by atoms with van der Waals surface area (Å²) in [7, 11) is 0.